The van der Waals surface area contributed by atoms with Gasteiger partial charge < -0.3 is 9.52 Å². The van der Waals surface area contributed by atoms with Crippen LogP contribution in [0.25, 0.3) is 16.5 Å². The summed E-state index contributed by atoms with van der Waals surface area (Å²) in [5.41, 5.74) is 2.43. The van der Waals surface area contributed by atoms with Gasteiger partial charge in [0.25, 0.3) is 0 Å². The van der Waals surface area contributed by atoms with Crippen molar-refractivity contribution in [1.82, 2.24) is 19.5 Å². The number of hydrogen-bond donors (Lipinski definition) is 1. The Labute approximate surface area is 167 Å². The van der Waals surface area contributed by atoms with Gasteiger partial charge in [0.15, 0.2) is 5.76 Å². The quantitative estimate of drug-likeness (QED) is 0.546. The highest BCUT2D eigenvalue weighted by molar-refractivity contribution is 7.17. The van der Waals surface area contributed by atoms with Crippen molar-refractivity contribution in [1.29, 1.82) is 0 Å². The number of furan rings is 1. The third-order valence-electron chi connectivity index (χ3n) is 5.34. The van der Waals surface area contributed by atoms with Gasteiger partial charge in [0, 0.05) is 0 Å². The third-order valence-corrected chi connectivity index (χ3v) is 6.41. The van der Waals surface area contributed by atoms with E-state index in [1.807, 2.05) is 6.07 Å². The molecule has 0 bridgehead atoms. The second-order valence-corrected chi connectivity index (χ2v) is 8.32. The Hall–Kier alpha value is -2.64. The van der Waals surface area contributed by atoms with Gasteiger partial charge in [0.2, 0.25) is 16.7 Å². The molecule has 1 aliphatic heterocycles. The van der Waals surface area contributed by atoms with E-state index in [1.165, 1.54) is 46.2 Å². The summed E-state index contributed by atoms with van der Waals surface area (Å²) in [6.07, 6.45) is 5.24. The first-order chi connectivity index (χ1) is 13.7. The first-order valence-corrected chi connectivity index (χ1v) is 10.5. The van der Waals surface area contributed by atoms with E-state index in [2.05, 4.69) is 46.2 Å². The van der Waals surface area contributed by atoms with E-state index < -0.39 is 0 Å². The second-order valence-electron chi connectivity index (χ2n) is 7.31. The van der Waals surface area contributed by atoms with E-state index in [4.69, 9.17) is 4.42 Å². The maximum atomic E-state index is 11.0. The number of piperidine rings is 1. The van der Waals surface area contributed by atoms with Gasteiger partial charge in [0.1, 0.15) is 0 Å². The van der Waals surface area contributed by atoms with Crippen LogP contribution in [0.4, 0.5) is 0 Å². The molecule has 1 atom stereocenters. The molecule has 0 aliphatic carbocycles. The molecular weight excluding hydrogens is 372 g/mol. The van der Waals surface area contributed by atoms with Crippen LogP contribution < -0.4 is 0 Å². The van der Waals surface area contributed by atoms with Crippen molar-refractivity contribution in [2.45, 2.75) is 32.2 Å². The smallest absolute Gasteiger partial charge is 0.230 e. The maximum absolute atomic E-state index is 11.0. The summed E-state index contributed by atoms with van der Waals surface area (Å²) in [4.78, 5) is 8.60. The number of aryl methyl sites for hydroxylation is 1. The summed E-state index contributed by atoms with van der Waals surface area (Å²) < 4.78 is 6.92. The largest absolute Gasteiger partial charge is 0.492 e. The van der Waals surface area contributed by atoms with Gasteiger partial charge >= 0.3 is 0 Å². The lowest BCUT2D eigenvalue weighted by Crippen LogP contribution is -2.34. The SMILES string of the molecule is Cc1ccc(C(c2sc3nc(-c4ccco4)nn3c2O)N2CCCCC2)cc1. The summed E-state index contributed by atoms with van der Waals surface area (Å²) in [5, 5.41) is 15.5. The van der Waals surface area contributed by atoms with Crippen molar-refractivity contribution in [3.05, 3.63) is 58.7 Å². The molecule has 0 saturated carbocycles. The van der Waals surface area contributed by atoms with E-state index in [1.54, 1.807) is 12.3 Å². The number of hydrogen-bond acceptors (Lipinski definition) is 6. The number of fused-ring (bicyclic) bond motifs is 1. The van der Waals surface area contributed by atoms with E-state index in [-0.39, 0.29) is 11.9 Å². The van der Waals surface area contributed by atoms with Gasteiger partial charge in [-0.15, -0.1) is 5.10 Å². The maximum Gasteiger partial charge on any atom is 0.230 e. The van der Waals surface area contributed by atoms with E-state index in [9.17, 15) is 5.11 Å². The molecule has 4 heterocycles. The molecule has 1 aliphatic rings. The highest BCUT2D eigenvalue weighted by atomic mass is 32.1. The Morgan fingerprint density at radius 3 is 2.57 bits per heavy atom. The predicted octanol–water partition coefficient (Wildman–Crippen LogP) is 4.64. The van der Waals surface area contributed by atoms with Crippen molar-refractivity contribution in [2.75, 3.05) is 13.1 Å². The highest BCUT2D eigenvalue weighted by Crippen LogP contribution is 2.41. The molecule has 4 aromatic rings. The summed E-state index contributed by atoms with van der Waals surface area (Å²) in [6.45, 7) is 4.16. The van der Waals surface area contributed by atoms with E-state index in [0.29, 0.717) is 16.5 Å². The molecular formula is C21H22N4O2S. The fraction of sp³-hybridized carbons (Fsp3) is 0.333. The van der Waals surface area contributed by atoms with E-state index >= 15 is 0 Å². The van der Waals surface area contributed by atoms with Crippen LogP contribution in [0.15, 0.2) is 47.1 Å². The topological polar surface area (TPSA) is 66.8 Å². The molecule has 28 heavy (non-hydrogen) atoms. The Bertz CT molecular complexity index is 1080. The number of likely N-dealkylation sites (tertiary alicyclic amines) is 1. The normalized spacial score (nSPS) is 16.6. The fourth-order valence-electron chi connectivity index (χ4n) is 3.89. The predicted molar refractivity (Wildman–Crippen MR) is 109 cm³/mol. The Balaban J connectivity index is 1.59. The van der Waals surface area contributed by atoms with Gasteiger partial charge in [-0.1, -0.05) is 47.6 Å². The fourth-order valence-corrected chi connectivity index (χ4v) is 5.01. The van der Waals surface area contributed by atoms with Crippen LogP contribution in [0, 0.1) is 6.92 Å². The molecule has 1 fully saturated rings. The highest BCUT2D eigenvalue weighted by Gasteiger charge is 2.30. The zero-order valence-electron chi connectivity index (χ0n) is 15.7. The number of benzene rings is 1. The summed E-state index contributed by atoms with van der Waals surface area (Å²) >= 11 is 1.50. The van der Waals surface area contributed by atoms with Gasteiger partial charge in [-0.05, 0) is 50.6 Å². The van der Waals surface area contributed by atoms with Crippen molar-refractivity contribution in [2.24, 2.45) is 0 Å². The lowest BCUT2D eigenvalue weighted by Gasteiger charge is -2.34. The molecule has 1 N–H and O–H groups in total. The molecule has 1 unspecified atom stereocenters. The average Bonchev–Trinajstić information content (AvgIpc) is 3.43. The van der Waals surface area contributed by atoms with Crippen LogP contribution in [0.2, 0.25) is 0 Å². The van der Waals surface area contributed by atoms with Crippen LogP contribution in [0.3, 0.4) is 0 Å². The minimum Gasteiger partial charge on any atom is -0.492 e. The number of thiazole rings is 1. The molecule has 7 heteroatoms. The minimum atomic E-state index is 0.0152. The molecule has 1 saturated heterocycles. The third kappa shape index (κ3) is 3.00. The van der Waals surface area contributed by atoms with Crippen molar-refractivity contribution < 1.29 is 9.52 Å². The number of aromatic hydroxyl groups is 1. The van der Waals surface area contributed by atoms with Gasteiger partial charge in [-0.25, -0.2) is 0 Å². The Kier molecular flexibility index (Phi) is 4.41. The number of aromatic nitrogens is 3. The Morgan fingerprint density at radius 1 is 1.11 bits per heavy atom. The summed E-state index contributed by atoms with van der Waals surface area (Å²) in [6, 6.07) is 12.2. The molecule has 0 spiro atoms. The first kappa shape index (κ1) is 17.5. The molecule has 0 amide bonds. The molecule has 144 valence electrons. The standard InChI is InChI=1S/C21H22N4O2S/c1-14-7-9-15(10-8-14)17(24-11-3-2-4-12-24)18-20(26)25-21(28-18)22-19(23-25)16-6-5-13-27-16/h5-10,13,17,26H,2-4,11-12H2,1H3. The lowest BCUT2D eigenvalue weighted by atomic mass is 9.99. The average molecular weight is 395 g/mol. The molecule has 3 aromatic heterocycles. The minimum absolute atomic E-state index is 0.0152. The van der Waals surface area contributed by atoms with Gasteiger partial charge in [0.05, 0.1) is 17.2 Å². The summed E-state index contributed by atoms with van der Waals surface area (Å²) in [5.74, 6) is 1.26. The first-order valence-electron chi connectivity index (χ1n) is 9.63. The summed E-state index contributed by atoms with van der Waals surface area (Å²) in [7, 11) is 0. The van der Waals surface area contributed by atoms with Crippen molar-refractivity contribution in [3.63, 3.8) is 0 Å². The zero-order valence-corrected chi connectivity index (χ0v) is 16.5. The monoisotopic (exact) mass is 394 g/mol. The number of nitrogens with zero attached hydrogens (tertiary/aromatic N) is 4. The van der Waals surface area contributed by atoms with Crippen LogP contribution >= 0.6 is 11.3 Å². The number of rotatable bonds is 4. The molecule has 5 rings (SSSR count). The van der Waals surface area contributed by atoms with Crippen LogP contribution in [-0.2, 0) is 0 Å². The molecule has 6 nitrogen and oxygen atoms in total. The van der Waals surface area contributed by atoms with Crippen LogP contribution in [-0.4, -0.2) is 37.7 Å². The molecule has 1 aromatic carbocycles. The zero-order chi connectivity index (χ0) is 19.1. The van der Waals surface area contributed by atoms with Crippen LogP contribution in [0.1, 0.15) is 41.3 Å². The van der Waals surface area contributed by atoms with Crippen molar-refractivity contribution in [3.8, 4) is 17.5 Å². The van der Waals surface area contributed by atoms with Crippen molar-refractivity contribution >= 4 is 16.3 Å². The van der Waals surface area contributed by atoms with E-state index in [0.717, 1.165) is 18.0 Å². The van der Waals surface area contributed by atoms with Gasteiger partial charge in [-0.3, -0.25) is 4.90 Å². The Morgan fingerprint density at radius 2 is 1.89 bits per heavy atom. The second kappa shape index (κ2) is 7.07. The lowest BCUT2D eigenvalue weighted by molar-refractivity contribution is 0.186. The van der Waals surface area contributed by atoms with Gasteiger partial charge in [-0.2, -0.15) is 9.50 Å². The molecule has 0 radical (unpaired) electrons. The van der Waals surface area contributed by atoms with Crippen LogP contribution in [0.5, 0.6) is 5.88 Å².